The molecule has 7 heteroatoms. The Morgan fingerprint density at radius 2 is 1.90 bits per heavy atom. The zero-order valence-electron chi connectivity index (χ0n) is 16.6. The molecule has 0 atom stereocenters. The van der Waals surface area contributed by atoms with Gasteiger partial charge in [-0.25, -0.2) is 0 Å². The van der Waals surface area contributed by atoms with Gasteiger partial charge in [-0.05, 0) is 71.5 Å². The van der Waals surface area contributed by atoms with Crippen LogP contribution in [-0.2, 0) is 4.74 Å². The molecule has 2 aromatic carbocycles. The molecule has 0 bridgehead atoms. The fourth-order valence-corrected chi connectivity index (χ4v) is 3.43. The average Bonchev–Trinajstić information content (AvgIpc) is 2.78. The van der Waals surface area contributed by atoms with E-state index >= 15 is 0 Å². The Morgan fingerprint density at radius 3 is 2.60 bits per heavy atom. The van der Waals surface area contributed by atoms with Gasteiger partial charge in [-0.2, -0.15) is 0 Å². The molecule has 0 aliphatic rings. The Morgan fingerprint density at radius 1 is 1.13 bits per heavy atom. The van der Waals surface area contributed by atoms with Crippen molar-refractivity contribution in [3.8, 4) is 11.3 Å². The summed E-state index contributed by atoms with van der Waals surface area (Å²) in [5.74, 6) is 0.265. The van der Waals surface area contributed by atoms with Crippen molar-refractivity contribution in [2.75, 3.05) is 25.6 Å². The number of aliphatic imine (C=N–C) groups is 1. The number of benzene rings is 2. The lowest BCUT2D eigenvalue weighted by Gasteiger charge is -2.10. The molecule has 154 valence electrons. The van der Waals surface area contributed by atoms with Gasteiger partial charge in [-0.15, -0.1) is 0 Å². The van der Waals surface area contributed by atoms with E-state index in [1.807, 2.05) is 36.4 Å². The number of pyridine rings is 1. The average molecular weight is 514 g/mol. The van der Waals surface area contributed by atoms with Crippen LogP contribution >= 0.6 is 22.6 Å². The number of hydrogen-bond acceptors (Lipinski definition) is 4. The summed E-state index contributed by atoms with van der Waals surface area (Å²) in [5.41, 5.74) is 9.90. The number of halogens is 1. The molecule has 0 aliphatic carbocycles. The molecular formula is C23H23IN4O2. The Hall–Kier alpha value is -2.78. The zero-order chi connectivity index (χ0) is 21.3. The lowest BCUT2D eigenvalue weighted by molar-refractivity contribution is 0.102. The molecule has 0 radical (unpaired) electrons. The minimum atomic E-state index is -0.190. The number of amidine groups is 1. The maximum Gasteiger partial charge on any atom is 0.255 e. The molecule has 1 aromatic heterocycles. The zero-order valence-corrected chi connectivity index (χ0v) is 18.8. The van der Waals surface area contributed by atoms with Crippen LogP contribution < -0.4 is 11.1 Å². The highest BCUT2D eigenvalue weighted by Crippen LogP contribution is 2.27. The van der Waals surface area contributed by atoms with Crippen molar-refractivity contribution in [1.82, 2.24) is 4.98 Å². The topological polar surface area (TPSA) is 89.6 Å². The molecule has 3 N–H and O–H groups in total. The summed E-state index contributed by atoms with van der Waals surface area (Å²) in [6.45, 7) is 1.25. The van der Waals surface area contributed by atoms with E-state index in [-0.39, 0.29) is 5.91 Å². The summed E-state index contributed by atoms with van der Waals surface area (Å²) >= 11 is 2.27. The summed E-state index contributed by atoms with van der Waals surface area (Å²) in [7, 11) is 1.66. The molecule has 3 aromatic rings. The van der Waals surface area contributed by atoms with Gasteiger partial charge in [0.25, 0.3) is 5.91 Å². The first-order valence-electron chi connectivity index (χ1n) is 9.50. The van der Waals surface area contributed by atoms with E-state index in [0.29, 0.717) is 30.2 Å². The highest BCUT2D eigenvalue weighted by atomic mass is 127. The number of nitrogens with one attached hydrogen (secondary N) is 1. The van der Waals surface area contributed by atoms with Crippen LogP contribution in [-0.4, -0.2) is 37.0 Å². The molecule has 6 nitrogen and oxygen atoms in total. The summed E-state index contributed by atoms with van der Waals surface area (Å²) in [4.78, 5) is 21.4. The van der Waals surface area contributed by atoms with E-state index in [0.717, 1.165) is 26.8 Å². The molecule has 30 heavy (non-hydrogen) atoms. The van der Waals surface area contributed by atoms with Gasteiger partial charge in [0.2, 0.25) is 0 Å². The van der Waals surface area contributed by atoms with Crippen molar-refractivity contribution in [3.63, 3.8) is 0 Å². The SMILES string of the molecule is COCCCN=C(N)c1ccc(C(=O)Nc2ccc(I)c(-c3ccccn3)c2)cc1. The van der Waals surface area contributed by atoms with Gasteiger partial charge in [-0.1, -0.05) is 18.2 Å². The highest BCUT2D eigenvalue weighted by molar-refractivity contribution is 14.1. The van der Waals surface area contributed by atoms with E-state index in [1.165, 1.54) is 0 Å². The van der Waals surface area contributed by atoms with Gasteiger partial charge in [0.1, 0.15) is 5.84 Å². The molecule has 0 aliphatic heterocycles. The first-order valence-corrected chi connectivity index (χ1v) is 10.6. The summed E-state index contributed by atoms with van der Waals surface area (Å²) in [6.07, 6.45) is 2.57. The van der Waals surface area contributed by atoms with Crippen LogP contribution in [0.25, 0.3) is 11.3 Å². The number of rotatable bonds is 8. The first-order chi connectivity index (χ1) is 14.6. The van der Waals surface area contributed by atoms with Crippen LogP contribution in [0, 0.1) is 3.57 Å². The number of carbonyl (C=O) groups excluding carboxylic acids is 1. The van der Waals surface area contributed by atoms with Gasteiger partial charge in [0.05, 0.1) is 5.69 Å². The van der Waals surface area contributed by atoms with Crippen LogP contribution in [0.3, 0.4) is 0 Å². The number of ether oxygens (including phenoxy) is 1. The van der Waals surface area contributed by atoms with Gasteiger partial charge in [0, 0.05) is 52.4 Å². The van der Waals surface area contributed by atoms with Gasteiger partial charge < -0.3 is 15.8 Å². The Kier molecular flexibility index (Phi) is 7.92. The fourth-order valence-electron chi connectivity index (χ4n) is 2.82. The number of aromatic nitrogens is 1. The molecule has 3 rings (SSSR count). The normalized spacial score (nSPS) is 11.3. The molecule has 1 amide bonds. The summed E-state index contributed by atoms with van der Waals surface area (Å²) in [5, 5.41) is 2.95. The van der Waals surface area contributed by atoms with Crippen LogP contribution in [0.1, 0.15) is 22.3 Å². The van der Waals surface area contributed by atoms with Crippen molar-refractivity contribution in [2.24, 2.45) is 10.7 Å². The highest BCUT2D eigenvalue weighted by Gasteiger charge is 2.10. The summed E-state index contributed by atoms with van der Waals surface area (Å²) < 4.78 is 6.06. The molecule has 0 fully saturated rings. The minimum absolute atomic E-state index is 0.190. The lowest BCUT2D eigenvalue weighted by atomic mass is 10.1. The Labute approximate surface area is 189 Å². The van der Waals surface area contributed by atoms with Crippen LogP contribution in [0.15, 0.2) is 71.9 Å². The Bertz CT molecular complexity index is 1020. The molecule has 1 heterocycles. The predicted molar refractivity (Wildman–Crippen MR) is 129 cm³/mol. The second kappa shape index (κ2) is 10.8. The van der Waals surface area contributed by atoms with Crippen molar-refractivity contribution in [3.05, 3.63) is 81.6 Å². The quantitative estimate of drug-likeness (QED) is 0.203. The molecule has 0 spiro atoms. The fraction of sp³-hybridized carbons (Fsp3) is 0.174. The van der Waals surface area contributed by atoms with E-state index in [1.54, 1.807) is 37.6 Å². The summed E-state index contributed by atoms with van der Waals surface area (Å²) in [6, 6.07) is 18.6. The third-order valence-electron chi connectivity index (χ3n) is 4.40. The van der Waals surface area contributed by atoms with E-state index in [2.05, 4.69) is 37.9 Å². The van der Waals surface area contributed by atoms with Crippen molar-refractivity contribution < 1.29 is 9.53 Å². The van der Waals surface area contributed by atoms with E-state index < -0.39 is 0 Å². The predicted octanol–water partition coefficient (Wildman–Crippen LogP) is 4.35. The second-order valence-electron chi connectivity index (χ2n) is 6.55. The maximum absolute atomic E-state index is 12.7. The van der Waals surface area contributed by atoms with Crippen LogP contribution in [0.4, 0.5) is 5.69 Å². The van der Waals surface area contributed by atoms with Crippen LogP contribution in [0.2, 0.25) is 0 Å². The maximum atomic E-state index is 12.7. The van der Waals surface area contributed by atoms with Crippen molar-refractivity contribution in [1.29, 1.82) is 0 Å². The molecule has 0 unspecified atom stereocenters. The Balaban J connectivity index is 1.69. The number of amides is 1. The second-order valence-corrected chi connectivity index (χ2v) is 7.72. The van der Waals surface area contributed by atoms with Crippen LogP contribution in [0.5, 0.6) is 0 Å². The standard InChI is InChI=1S/C23H23IN4O2/c1-30-14-4-13-27-22(25)16-6-8-17(9-7-16)23(29)28-18-10-11-20(24)19(15-18)21-5-2-3-12-26-21/h2-3,5-12,15H,4,13-14H2,1H3,(H2,25,27)(H,28,29). The number of carbonyl (C=O) groups is 1. The van der Waals surface area contributed by atoms with E-state index in [9.17, 15) is 4.79 Å². The number of nitrogens with two attached hydrogens (primary N) is 1. The third kappa shape index (κ3) is 5.87. The molecule has 0 saturated heterocycles. The molecular weight excluding hydrogens is 491 g/mol. The monoisotopic (exact) mass is 514 g/mol. The van der Waals surface area contributed by atoms with Gasteiger partial charge in [0.15, 0.2) is 0 Å². The number of methoxy groups -OCH3 is 1. The molecule has 0 saturated carbocycles. The van der Waals surface area contributed by atoms with Gasteiger partial charge >= 0.3 is 0 Å². The number of hydrogen-bond donors (Lipinski definition) is 2. The smallest absolute Gasteiger partial charge is 0.255 e. The first kappa shape index (κ1) is 21.9. The van der Waals surface area contributed by atoms with E-state index in [4.69, 9.17) is 10.5 Å². The largest absolute Gasteiger partial charge is 0.385 e. The number of anilines is 1. The minimum Gasteiger partial charge on any atom is -0.385 e. The van der Waals surface area contributed by atoms with Crippen molar-refractivity contribution in [2.45, 2.75) is 6.42 Å². The van der Waals surface area contributed by atoms with Gasteiger partial charge in [-0.3, -0.25) is 14.8 Å². The van der Waals surface area contributed by atoms with Crippen molar-refractivity contribution >= 4 is 40.0 Å². The lowest BCUT2D eigenvalue weighted by Crippen LogP contribution is -2.16. The number of nitrogens with zero attached hydrogens (tertiary/aromatic N) is 2. The third-order valence-corrected chi connectivity index (χ3v) is 5.34.